The van der Waals surface area contributed by atoms with Gasteiger partial charge in [-0.05, 0) is 60.0 Å². The molecule has 32 heavy (non-hydrogen) atoms. The molecule has 0 aliphatic carbocycles. The third kappa shape index (κ3) is 5.70. The minimum absolute atomic E-state index is 0.104. The molecule has 0 amide bonds. The Morgan fingerprint density at radius 1 is 0.906 bits per heavy atom. The van der Waals surface area contributed by atoms with E-state index in [1.54, 1.807) is 30.3 Å². The monoisotopic (exact) mass is 430 g/mol. The molecule has 2 aromatic carbocycles. The number of ether oxygens (including phenoxy) is 2. The number of nitrogens with zero attached hydrogens (tertiary/aromatic N) is 1. The Labute approximate surface area is 187 Å². The maximum absolute atomic E-state index is 10.2. The highest BCUT2D eigenvalue weighted by Crippen LogP contribution is 2.32. The Morgan fingerprint density at radius 2 is 1.66 bits per heavy atom. The summed E-state index contributed by atoms with van der Waals surface area (Å²) in [6.45, 7) is 3.72. The van der Waals surface area contributed by atoms with Crippen molar-refractivity contribution in [2.24, 2.45) is 0 Å². The predicted molar refractivity (Wildman–Crippen MR) is 129 cm³/mol. The lowest BCUT2D eigenvalue weighted by Gasteiger charge is -2.09. The predicted octanol–water partition coefficient (Wildman–Crippen LogP) is 5.46. The van der Waals surface area contributed by atoms with Crippen molar-refractivity contribution in [3.05, 3.63) is 89.3 Å². The van der Waals surface area contributed by atoms with Crippen LogP contribution < -0.4 is 9.47 Å². The molecule has 0 fully saturated rings. The molecule has 0 atom stereocenters. The molecule has 0 spiro atoms. The second-order valence-corrected chi connectivity index (χ2v) is 6.95. The van der Waals surface area contributed by atoms with Crippen LogP contribution in [0.15, 0.2) is 61.2 Å². The summed E-state index contributed by atoms with van der Waals surface area (Å²) < 4.78 is 10.4. The second kappa shape index (κ2) is 10.7. The average molecular weight is 431 g/mol. The van der Waals surface area contributed by atoms with E-state index in [4.69, 9.17) is 9.47 Å². The summed E-state index contributed by atoms with van der Waals surface area (Å²) in [6, 6.07) is 10.7. The van der Waals surface area contributed by atoms with Crippen LogP contribution >= 0.6 is 0 Å². The fourth-order valence-electron chi connectivity index (χ4n) is 3.08. The van der Waals surface area contributed by atoms with Gasteiger partial charge in [0, 0.05) is 5.56 Å². The van der Waals surface area contributed by atoms with Gasteiger partial charge < -0.3 is 19.7 Å². The van der Waals surface area contributed by atoms with Crippen LogP contribution in [0, 0.1) is 0 Å². The van der Waals surface area contributed by atoms with Crippen molar-refractivity contribution in [2.45, 2.75) is 6.42 Å². The summed E-state index contributed by atoms with van der Waals surface area (Å²) in [4.78, 5) is 0. The number of allylic oxidation sites excluding steroid dienone is 3. The first-order valence-electron chi connectivity index (χ1n) is 10.00. The number of hydrogen-bond acceptors (Lipinski definition) is 5. The zero-order valence-electron chi connectivity index (χ0n) is 18.1. The molecule has 0 saturated heterocycles. The van der Waals surface area contributed by atoms with Crippen molar-refractivity contribution in [2.75, 3.05) is 14.2 Å². The van der Waals surface area contributed by atoms with Gasteiger partial charge in [0.05, 0.1) is 25.6 Å². The van der Waals surface area contributed by atoms with Crippen LogP contribution in [-0.2, 0) is 6.42 Å². The molecule has 0 bridgehead atoms. The number of nitrogens with one attached hydrogen (secondary N) is 1. The van der Waals surface area contributed by atoms with E-state index in [0.717, 1.165) is 28.1 Å². The fourth-order valence-corrected chi connectivity index (χ4v) is 3.08. The van der Waals surface area contributed by atoms with Gasteiger partial charge in [-0.15, -0.1) is 6.58 Å². The van der Waals surface area contributed by atoms with E-state index in [1.807, 2.05) is 48.6 Å². The Bertz CT molecular complexity index is 1170. The number of aromatic amines is 1. The van der Waals surface area contributed by atoms with Gasteiger partial charge in [-0.1, -0.05) is 36.4 Å². The first-order chi connectivity index (χ1) is 15.5. The zero-order chi connectivity index (χ0) is 22.9. The van der Waals surface area contributed by atoms with Crippen LogP contribution in [0.3, 0.4) is 0 Å². The molecule has 1 heterocycles. The van der Waals surface area contributed by atoms with Crippen molar-refractivity contribution in [1.82, 2.24) is 10.2 Å². The first-order valence-corrected chi connectivity index (χ1v) is 10.00. The van der Waals surface area contributed by atoms with E-state index in [-0.39, 0.29) is 11.5 Å². The average Bonchev–Trinajstić information content (AvgIpc) is 3.26. The molecule has 0 unspecified atom stereocenters. The Kier molecular flexibility index (Phi) is 7.54. The second-order valence-electron chi connectivity index (χ2n) is 6.95. The van der Waals surface area contributed by atoms with Gasteiger partial charge in [-0.25, -0.2) is 0 Å². The number of aromatic nitrogens is 2. The minimum Gasteiger partial charge on any atom is -0.504 e. The molecule has 6 nitrogen and oxygen atoms in total. The molecule has 0 aliphatic heterocycles. The highest BCUT2D eigenvalue weighted by Gasteiger charge is 2.08. The molecular formula is C26H26N2O4. The molecule has 0 radical (unpaired) electrons. The van der Waals surface area contributed by atoms with Crippen molar-refractivity contribution in [1.29, 1.82) is 0 Å². The van der Waals surface area contributed by atoms with Gasteiger partial charge in [0.25, 0.3) is 0 Å². The molecule has 164 valence electrons. The van der Waals surface area contributed by atoms with Gasteiger partial charge in [-0.3, -0.25) is 5.10 Å². The van der Waals surface area contributed by atoms with Crippen molar-refractivity contribution in [3.8, 4) is 23.0 Å². The zero-order valence-corrected chi connectivity index (χ0v) is 18.1. The van der Waals surface area contributed by atoms with Gasteiger partial charge in [-0.2, -0.15) is 5.10 Å². The number of aromatic hydroxyl groups is 2. The largest absolute Gasteiger partial charge is 0.504 e. The molecule has 1 aromatic heterocycles. The lowest BCUT2D eigenvalue weighted by Crippen LogP contribution is -1.90. The van der Waals surface area contributed by atoms with Gasteiger partial charge in [0.1, 0.15) is 0 Å². The number of phenols is 2. The van der Waals surface area contributed by atoms with Crippen LogP contribution in [0.25, 0.3) is 24.3 Å². The number of benzene rings is 2. The number of phenolic OH excluding ortho intramolecular Hbond substituents is 2. The Hall–Kier alpha value is -4.19. The number of methoxy groups -OCH3 is 2. The molecule has 0 aliphatic rings. The molecular weight excluding hydrogens is 404 g/mol. The van der Waals surface area contributed by atoms with E-state index in [9.17, 15) is 10.2 Å². The standard InChI is InChI=1S/C26H26N2O4/c1-4-7-20-14-19(16-25(32-3)26(20)30)8-5-6-9-21-17-22(28-27-21)12-10-18-11-13-23(29)24(15-18)31-2/h4-6,8-17,29-30H,1,7H2,2-3H3,(H,27,28)/b8-5+,9-6+,12-10+. The quantitative estimate of drug-likeness (QED) is 0.310. The van der Waals surface area contributed by atoms with Crippen LogP contribution in [0.1, 0.15) is 28.1 Å². The lowest BCUT2D eigenvalue weighted by molar-refractivity contribution is 0.371. The maximum Gasteiger partial charge on any atom is 0.161 e. The van der Waals surface area contributed by atoms with Gasteiger partial charge in [0.2, 0.25) is 0 Å². The third-order valence-corrected chi connectivity index (χ3v) is 4.70. The number of rotatable bonds is 9. The van der Waals surface area contributed by atoms with E-state index >= 15 is 0 Å². The van der Waals surface area contributed by atoms with E-state index < -0.39 is 0 Å². The lowest BCUT2D eigenvalue weighted by atomic mass is 10.1. The molecule has 3 N–H and O–H groups in total. The summed E-state index contributed by atoms with van der Waals surface area (Å²) in [5.41, 5.74) is 4.20. The first kappa shape index (κ1) is 22.5. The number of H-pyrrole nitrogens is 1. The normalized spacial score (nSPS) is 11.6. The van der Waals surface area contributed by atoms with Crippen molar-refractivity contribution in [3.63, 3.8) is 0 Å². The van der Waals surface area contributed by atoms with Crippen molar-refractivity contribution >= 4 is 24.3 Å². The Morgan fingerprint density at radius 3 is 2.41 bits per heavy atom. The third-order valence-electron chi connectivity index (χ3n) is 4.70. The summed E-state index contributed by atoms with van der Waals surface area (Å²) in [6.07, 6.45) is 13.7. The van der Waals surface area contributed by atoms with Crippen LogP contribution in [0.5, 0.6) is 23.0 Å². The van der Waals surface area contributed by atoms with Crippen LogP contribution in [-0.4, -0.2) is 34.6 Å². The van der Waals surface area contributed by atoms with Crippen molar-refractivity contribution < 1.29 is 19.7 Å². The summed E-state index contributed by atoms with van der Waals surface area (Å²) in [5.74, 6) is 1.10. The summed E-state index contributed by atoms with van der Waals surface area (Å²) in [5, 5.41) is 27.1. The van der Waals surface area contributed by atoms with Gasteiger partial charge >= 0.3 is 0 Å². The maximum atomic E-state index is 10.2. The molecule has 0 saturated carbocycles. The Balaban J connectivity index is 1.67. The minimum atomic E-state index is 0.104. The van der Waals surface area contributed by atoms with Gasteiger partial charge in [0.15, 0.2) is 23.0 Å². The highest BCUT2D eigenvalue weighted by molar-refractivity contribution is 5.70. The van der Waals surface area contributed by atoms with Crippen LogP contribution in [0.4, 0.5) is 0 Å². The van der Waals surface area contributed by atoms with E-state index in [1.165, 1.54) is 14.2 Å². The van der Waals surface area contributed by atoms with E-state index in [2.05, 4.69) is 16.8 Å². The number of hydrogen-bond donors (Lipinski definition) is 3. The summed E-state index contributed by atoms with van der Waals surface area (Å²) >= 11 is 0. The fraction of sp³-hybridized carbons (Fsp3) is 0.115. The van der Waals surface area contributed by atoms with E-state index in [0.29, 0.717) is 17.9 Å². The molecule has 3 aromatic rings. The summed E-state index contributed by atoms with van der Waals surface area (Å²) in [7, 11) is 3.05. The smallest absolute Gasteiger partial charge is 0.161 e. The molecule has 6 heteroatoms. The highest BCUT2D eigenvalue weighted by atomic mass is 16.5. The SMILES string of the molecule is C=CCc1cc(/C=C/C=C/c2cc(/C=C/c3ccc(O)c(OC)c3)n[nH]2)cc(OC)c1O. The molecule has 3 rings (SSSR count). The topological polar surface area (TPSA) is 87.6 Å². The van der Waals surface area contributed by atoms with Crippen LogP contribution in [0.2, 0.25) is 0 Å².